The molecule has 0 bridgehead atoms. The molecule has 0 aliphatic rings. The van der Waals surface area contributed by atoms with Crippen molar-refractivity contribution in [1.82, 2.24) is 4.98 Å². The van der Waals surface area contributed by atoms with Gasteiger partial charge in [0, 0.05) is 10.4 Å². The Morgan fingerprint density at radius 3 is 2.20 bits per heavy atom. The predicted molar refractivity (Wildman–Crippen MR) is 84.7 cm³/mol. The molecular weight excluding hydrogens is 268 g/mol. The van der Waals surface area contributed by atoms with E-state index in [-0.39, 0.29) is 11.3 Å². The number of aryl methyl sites for hydroxylation is 2. The van der Waals surface area contributed by atoms with E-state index in [0.717, 1.165) is 10.6 Å². The van der Waals surface area contributed by atoms with Crippen molar-refractivity contribution in [1.29, 1.82) is 0 Å². The lowest BCUT2D eigenvalue weighted by atomic mass is 9.87. The van der Waals surface area contributed by atoms with Gasteiger partial charge < -0.3 is 0 Å². The summed E-state index contributed by atoms with van der Waals surface area (Å²) in [5.74, 6) is -0.112. The van der Waals surface area contributed by atoms with Crippen LogP contribution in [0.5, 0.6) is 0 Å². The minimum atomic E-state index is -0.112. The number of anilines is 1. The molecule has 2 rings (SSSR count). The van der Waals surface area contributed by atoms with Crippen LogP contribution in [0.25, 0.3) is 0 Å². The quantitative estimate of drug-likeness (QED) is 0.894. The van der Waals surface area contributed by atoms with Crippen molar-refractivity contribution in [2.75, 3.05) is 5.32 Å². The average Bonchev–Trinajstić information content (AvgIpc) is 2.67. The number of nitrogens with zero attached hydrogens (tertiary/aromatic N) is 1. The minimum absolute atomic E-state index is 0.0958. The zero-order valence-corrected chi connectivity index (χ0v) is 13.4. The molecule has 106 valence electrons. The third kappa shape index (κ3) is 3.25. The first-order valence-electron chi connectivity index (χ1n) is 6.63. The zero-order chi connectivity index (χ0) is 14.9. The molecular formula is C16H20N2OS. The topological polar surface area (TPSA) is 42.0 Å². The maximum atomic E-state index is 12.2. The summed E-state index contributed by atoms with van der Waals surface area (Å²) in [6, 6.07) is 7.74. The smallest absolute Gasteiger partial charge is 0.257 e. The Morgan fingerprint density at radius 1 is 1.15 bits per heavy atom. The summed E-state index contributed by atoms with van der Waals surface area (Å²) < 4.78 is 0. The normalized spacial score (nSPS) is 11.4. The van der Waals surface area contributed by atoms with E-state index in [2.05, 4.69) is 31.1 Å². The van der Waals surface area contributed by atoms with Crippen molar-refractivity contribution >= 4 is 22.4 Å². The molecule has 3 nitrogen and oxygen atoms in total. The molecule has 4 heteroatoms. The molecule has 0 aliphatic carbocycles. The first-order chi connectivity index (χ1) is 9.27. The van der Waals surface area contributed by atoms with Crippen LogP contribution < -0.4 is 5.32 Å². The number of aromatic nitrogens is 1. The van der Waals surface area contributed by atoms with E-state index in [4.69, 9.17) is 0 Å². The van der Waals surface area contributed by atoms with E-state index in [1.807, 2.05) is 38.1 Å². The van der Waals surface area contributed by atoms with E-state index in [1.54, 1.807) is 0 Å². The van der Waals surface area contributed by atoms with Gasteiger partial charge in [0.25, 0.3) is 5.91 Å². The van der Waals surface area contributed by atoms with Gasteiger partial charge in [0.2, 0.25) is 0 Å². The second-order valence-corrected chi connectivity index (χ2v) is 7.15. The number of hydrogen-bond donors (Lipinski definition) is 1. The summed E-state index contributed by atoms with van der Waals surface area (Å²) in [6.07, 6.45) is 0. The number of nitrogens with one attached hydrogen (secondary N) is 1. The Bertz CT molecular complexity index is 601. The highest BCUT2D eigenvalue weighted by atomic mass is 32.1. The number of carbonyl (C=O) groups excluding carboxylic acids is 1. The van der Waals surface area contributed by atoms with Crippen molar-refractivity contribution < 1.29 is 4.79 Å². The molecule has 1 amide bonds. The maximum absolute atomic E-state index is 12.2. The molecule has 0 saturated carbocycles. The summed E-state index contributed by atoms with van der Waals surface area (Å²) in [7, 11) is 0. The molecule has 1 aromatic heterocycles. The molecule has 0 atom stereocenters. The van der Waals surface area contributed by atoms with Crippen molar-refractivity contribution in [2.24, 2.45) is 0 Å². The largest absolute Gasteiger partial charge is 0.298 e. The third-order valence-electron chi connectivity index (χ3n) is 3.26. The van der Waals surface area contributed by atoms with E-state index in [0.29, 0.717) is 10.7 Å². The van der Waals surface area contributed by atoms with Crippen molar-refractivity contribution in [3.8, 4) is 0 Å². The van der Waals surface area contributed by atoms with Gasteiger partial charge in [0.05, 0.1) is 5.69 Å². The molecule has 0 radical (unpaired) electrons. The highest BCUT2D eigenvalue weighted by molar-refractivity contribution is 7.15. The number of thiazole rings is 1. The van der Waals surface area contributed by atoms with Gasteiger partial charge in [-0.25, -0.2) is 4.98 Å². The number of hydrogen-bond acceptors (Lipinski definition) is 3. The molecule has 20 heavy (non-hydrogen) atoms. The summed E-state index contributed by atoms with van der Waals surface area (Å²) in [6.45, 7) is 10.4. The second kappa shape index (κ2) is 5.37. The van der Waals surface area contributed by atoms with Crippen molar-refractivity contribution in [2.45, 2.75) is 40.0 Å². The number of carbonyl (C=O) groups is 1. The minimum Gasteiger partial charge on any atom is -0.298 e. The molecule has 1 aromatic carbocycles. The first-order valence-corrected chi connectivity index (χ1v) is 7.45. The standard InChI is InChI=1S/C16H20N2OS/c1-10-11(2)20-15(17-10)18-14(19)12-6-8-13(9-7-12)16(3,4)5/h6-9H,1-5H3,(H,17,18,19). The molecule has 0 fully saturated rings. The fourth-order valence-electron chi connectivity index (χ4n) is 1.82. The van der Waals surface area contributed by atoms with Crippen LogP contribution in [0.3, 0.4) is 0 Å². The molecule has 0 saturated heterocycles. The van der Waals surface area contributed by atoms with Gasteiger partial charge in [0.15, 0.2) is 5.13 Å². The lowest BCUT2D eigenvalue weighted by molar-refractivity contribution is 0.102. The Hall–Kier alpha value is -1.68. The lowest BCUT2D eigenvalue weighted by Crippen LogP contribution is -2.14. The highest BCUT2D eigenvalue weighted by Gasteiger charge is 2.15. The third-order valence-corrected chi connectivity index (χ3v) is 4.25. The molecule has 0 aliphatic heterocycles. The summed E-state index contributed by atoms with van der Waals surface area (Å²) in [5, 5.41) is 3.50. The fourth-order valence-corrected chi connectivity index (χ4v) is 2.63. The van der Waals surface area contributed by atoms with Crippen LogP contribution in [0.2, 0.25) is 0 Å². The average molecular weight is 288 g/mol. The molecule has 0 spiro atoms. The van der Waals surface area contributed by atoms with Crippen molar-refractivity contribution in [3.63, 3.8) is 0 Å². The van der Waals surface area contributed by atoms with Gasteiger partial charge in [-0.3, -0.25) is 10.1 Å². The van der Waals surface area contributed by atoms with E-state index < -0.39 is 0 Å². The van der Waals surface area contributed by atoms with Gasteiger partial charge >= 0.3 is 0 Å². The lowest BCUT2D eigenvalue weighted by Gasteiger charge is -2.18. The van der Waals surface area contributed by atoms with Gasteiger partial charge in [-0.1, -0.05) is 32.9 Å². The Kier molecular flexibility index (Phi) is 3.95. The van der Waals surface area contributed by atoms with Crippen LogP contribution in [-0.4, -0.2) is 10.9 Å². The molecule has 1 heterocycles. The summed E-state index contributed by atoms with van der Waals surface area (Å²) in [4.78, 5) is 17.6. The van der Waals surface area contributed by atoms with E-state index >= 15 is 0 Å². The fraction of sp³-hybridized carbons (Fsp3) is 0.375. The second-order valence-electron chi connectivity index (χ2n) is 5.94. The van der Waals surface area contributed by atoms with Crippen LogP contribution >= 0.6 is 11.3 Å². The van der Waals surface area contributed by atoms with E-state index in [1.165, 1.54) is 16.9 Å². The van der Waals surface area contributed by atoms with Crippen LogP contribution in [0.15, 0.2) is 24.3 Å². The summed E-state index contributed by atoms with van der Waals surface area (Å²) in [5.41, 5.74) is 2.94. The maximum Gasteiger partial charge on any atom is 0.257 e. The van der Waals surface area contributed by atoms with Crippen LogP contribution in [0.1, 0.15) is 47.3 Å². The van der Waals surface area contributed by atoms with Gasteiger partial charge in [-0.15, -0.1) is 11.3 Å². The Morgan fingerprint density at radius 2 is 1.75 bits per heavy atom. The highest BCUT2D eigenvalue weighted by Crippen LogP contribution is 2.24. The van der Waals surface area contributed by atoms with Crippen LogP contribution in [-0.2, 0) is 5.41 Å². The molecule has 2 aromatic rings. The van der Waals surface area contributed by atoms with Gasteiger partial charge in [-0.2, -0.15) is 0 Å². The molecule has 0 unspecified atom stereocenters. The Labute approximate surface area is 124 Å². The SMILES string of the molecule is Cc1nc(NC(=O)c2ccc(C(C)(C)C)cc2)sc1C. The monoisotopic (exact) mass is 288 g/mol. The first kappa shape index (κ1) is 14.7. The van der Waals surface area contributed by atoms with Gasteiger partial charge in [0.1, 0.15) is 0 Å². The van der Waals surface area contributed by atoms with Crippen LogP contribution in [0.4, 0.5) is 5.13 Å². The number of amides is 1. The van der Waals surface area contributed by atoms with Crippen molar-refractivity contribution in [3.05, 3.63) is 46.0 Å². The zero-order valence-electron chi connectivity index (χ0n) is 12.6. The van der Waals surface area contributed by atoms with E-state index in [9.17, 15) is 4.79 Å². The predicted octanol–water partition coefficient (Wildman–Crippen LogP) is 4.31. The molecule has 1 N–H and O–H groups in total. The van der Waals surface area contributed by atoms with Crippen LogP contribution in [0, 0.1) is 13.8 Å². The number of rotatable bonds is 2. The Balaban J connectivity index is 2.13. The summed E-state index contributed by atoms with van der Waals surface area (Å²) >= 11 is 1.50. The number of benzene rings is 1. The van der Waals surface area contributed by atoms with Gasteiger partial charge in [-0.05, 0) is 37.0 Å².